The van der Waals surface area contributed by atoms with Crippen molar-refractivity contribution in [2.45, 2.75) is 13.5 Å². The molecule has 0 spiro atoms. The molecular formula is C26H21N3O3. The first kappa shape index (κ1) is 19.8. The van der Waals surface area contributed by atoms with Crippen molar-refractivity contribution in [3.05, 3.63) is 90.4 Å². The van der Waals surface area contributed by atoms with E-state index in [0.29, 0.717) is 13.2 Å². The van der Waals surface area contributed by atoms with Crippen LogP contribution in [0.3, 0.4) is 0 Å². The van der Waals surface area contributed by atoms with Crippen molar-refractivity contribution >= 4 is 27.8 Å². The van der Waals surface area contributed by atoms with E-state index >= 15 is 0 Å². The number of nitrogens with zero attached hydrogens (tertiary/aromatic N) is 3. The summed E-state index contributed by atoms with van der Waals surface area (Å²) >= 11 is 0. The van der Waals surface area contributed by atoms with Crippen molar-refractivity contribution in [3.8, 4) is 17.0 Å². The Balaban J connectivity index is 1.56. The molecule has 158 valence electrons. The third-order valence-corrected chi connectivity index (χ3v) is 5.56. The van der Waals surface area contributed by atoms with Crippen LogP contribution < -0.4 is 4.74 Å². The summed E-state index contributed by atoms with van der Waals surface area (Å²) in [5, 5.41) is 11.6. The van der Waals surface area contributed by atoms with Crippen LogP contribution in [0.5, 0.6) is 5.75 Å². The number of hydrogen-bond donors (Lipinski definition) is 1. The Bertz CT molecular complexity index is 1430. The molecule has 0 aliphatic heterocycles. The second kappa shape index (κ2) is 8.15. The van der Waals surface area contributed by atoms with Gasteiger partial charge in [-0.1, -0.05) is 35.9 Å². The van der Waals surface area contributed by atoms with Crippen LogP contribution in [0.15, 0.2) is 79.1 Å². The fraction of sp³-hybridized carbons (Fsp3) is 0.115. The molecule has 0 atom stereocenters. The second-order valence-electron chi connectivity index (χ2n) is 7.62. The highest BCUT2D eigenvalue weighted by molar-refractivity contribution is 6.05. The van der Waals surface area contributed by atoms with Gasteiger partial charge in [-0.2, -0.15) is 0 Å². The number of fused-ring (bicyclic) bond motifs is 2. The molecule has 6 heteroatoms. The molecule has 2 aromatic carbocycles. The molecule has 1 N–H and O–H groups in total. The maximum atomic E-state index is 12.0. The fourth-order valence-corrected chi connectivity index (χ4v) is 4.01. The highest BCUT2D eigenvalue weighted by Crippen LogP contribution is 2.33. The maximum Gasteiger partial charge on any atom is 0.352 e. The molecule has 0 saturated heterocycles. The zero-order chi connectivity index (χ0) is 22.1. The molecule has 6 nitrogen and oxygen atoms in total. The van der Waals surface area contributed by atoms with E-state index in [0.717, 1.165) is 44.4 Å². The Morgan fingerprint density at radius 2 is 1.75 bits per heavy atom. The molecule has 5 rings (SSSR count). The van der Waals surface area contributed by atoms with Crippen LogP contribution in [0.2, 0.25) is 0 Å². The number of benzene rings is 2. The number of pyridine rings is 2. The summed E-state index contributed by atoms with van der Waals surface area (Å²) in [4.78, 5) is 21.1. The molecule has 0 radical (unpaired) electrons. The zero-order valence-corrected chi connectivity index (χ0v) is 17.5. The third-order valence-electron chi connectivity index (χ3n) is 5.56. The summed E-state index contributed by atoms with van der Waals surface area (Å²) in [6, 6.07) is 21.1. The molecule has 0 aliphatic carbocycles. The molecule has 5 aromatic rings. The normalized spacial score (nSPS) is 11.2. The molecule has 0 saturated carbocycles. The molecule has 3 aromatic heterocycles. The van der Waals surface area contributed by atoms with Crippen LogP contribution in [0.4, 0.5) is 0 Å². The molecular weight excluding hydrogens is 402 g/mol. The van der Waals surface area contributed by atoms with Gasteiger partial charge < -0.3 is 14.4 Å². The van der Waals surface area contributed by atoms with E-state index in [1.807, 2.05) is 67.6 Å². The smallest absolute Gasteiger partial charge is 0.352 e. The summed E-state index contributed by atoms with van der Waals surface area (Å²) in [7, 11) is 0. The first-order valence-electron chi connectivity index (χ1n) is 10.4. The monoisotopic (exact) mass is 423 g/mol. The van der Waals surface area contributed by atoms with Gasteiger partial charge in [-0.05, 0) is 43.3 Å². The Morgan fingerprint density at radius 3 is 2.56 bits per heavy atom. The molecule has 0 amide bonds. The first-order chi connectivity index (χ1) is 15.6. The average Bonchev–Trinajstić information content (AvgIpc) is 3.19. The van der Waals surface area contributed by atoms with Gasteiger partial charge >= 0.3 is 5.97 Å². The van der Waals surface area contributed by atoms with E-state index in [2.05, 4.69) is 9.97 Å². The van der Waals surface area contributed by atoms with E-state index in [1.165, 1.54) is 0 Å². The van der Waals surface area contributed by atoms with Crippen molar-refractivity contribution in [1.82, 2.24) is 14.5 Å². The predicted molar refractivity (Wildman–Crippen MR) is 124 cm³/mol. The van der Waals surface area contributed by atoms with E-state index in [-0.39, 0.29) is 5.69 Å². The summed E-state index contributed by atoms with van der Waals surface area (Å²) in [6.07, 6.45) is 3.47. The number of aromatic carboxylic acids is 1. The molecule has 0 fully saturated rings. The fourth-order valence-electron chi connectivity index (χ4n) is 4.01. The average molecular weight is 423 g/mol. The van der Waals surface area contributed by atoms with E-state index in [9.17, 15) is 9.90 Å². The number of carboxylic acids is 1. The van der Waals surface area contributed by atoms with Gasteiger partial charge in [0.1, 0.15) is 18.1 Å². The standard InChI is InChI=1S/C26H21N3O3/c1-17-6-8-18(9-7-17)32-15-14-29-23-11-13-28-25(21(23)16-24(29)26(30)31)20-10-12-27-22-5-3-2-4-19(20)22/h2-13,16H,14-15H2,1H3,(H,30,31). The van der Waals surface area contributed by atoms with Crippen molar-refractivity contribution in [2.75, 3.05) is 6.61 Å². The largest absolute Gasteiger partial charge is 0.492 e. The lowest BCUT2D eigenvalue weighted by atomic mass is 10.0. The molecule has 3 heterocycles. The lowest BCUT2D eigenvalue weighted by Gasteiger charge is -2.11. The van der Waals surface area contributed by atoms with E-state index in [4.69, 9.17) is 4.74 Å². The number of ether oxygens (including phenoxy) is 1. The zero-order valence-electron chi connectivity index (χ0n) is 17.5. The summed E-state index contributed by atoms with van der Waals surface area (Å²) in [6.45, 7) is 2.77. The number of aryl methyl sites for hydroxylation is 1. The Morgan fingerprint density at radius 1 is 0.969 bits per heavy atom. The SMILES string of the molecule is Cc1ccc(OCCn2c(C(=O)O)cc3c(-c4ccnc5ccccc45)nccc32)cc1. The van der Waals surface area contributed by atoms with Crippen LogP contribution in [0.25, 0.3) is 33.1 Å². The number of carboxylic acid groups (broad SMARTS) is 1. The number of rotatable bonds is 6. The van der Waals surface area contributed by atoms with Gasteiger partial charge in [0.15, 0.2) is 0 Å². The minimum absolute atomic E-state index is 0.208. The summed E-state index contributed by atoms with van der Waals surface area (Å²) in [5.74, 6) is -0.225. The number of para-hydroxylation sites is 1. The predicted octanol–water partition coefficient (Wildman–Crippen LogP) is 5.34. The van der Waals surface area contributed by atoms with Crippen molar-refractivity contribution in [1.29, 1.82) is 0 Å². The molecule has 0 aliphatic rings. The third kappa shape index (κ3) is 3.56. The number of carbonyl (C=O) groups is 1. The van der Waals surface area contributed by atoms with Gasteiger partial charge in [0, 0.05) is 28.7 Å². The first-order valence-corrected chi connectivity index (χ1v) is 10.4. The Labute approximate surface area is 184 Å². The minimum atomic E-state index is -0.984. The molecule has 0 bridgehead atoms. The van der Waals surface area contributed by atoms with Gasteiger partial charge in [0.2, 0.25) is 0 Å². The van der Waals surface area contributed by atoms with Gasteiger partial charge in [-0.15, -0.1) is 0 Å². The summed E-state index contributed by atoms with van der Waals surface area (Å²) in [5.41, 5.74) is 4.70. The van der Waals surface area contributed by atoms with Crippen molar-refractivity contribution in [2.24, 2.45) is 0 Å². The van der Waals surface area contributed by atoms with E-state index in [1.54, 1.807) is 23.0 Å². The van der Waals surface area contributed by atoms with Crippen LogP contribution in [0, 0.1) is 6.92 Å². The number of aromatic nitrogens is 3. The van der Waals surface area contributed by atoms with Crippen LogP contribution in [0.1, 0.15) is 16.1 Å². The topological polar surface area (TPSA) is 77.2 Å². The van der Waals surface area contributed by atoms with Crippen LogP contribution >= 0.6 is 0 Å². The second-order valence-corrected chi connectivity index (χ2v) is 7.62. The molecule has 32 heavy (non-hydrogen) atoms. The van der Waals surface area contributed by atoms with E-state index < -0.39 is 5.97 Å². The van der Waals surface area contributed by atoms with Gasteiger partial charge in [0.25, 0.3) is 0 Å². The van der Waals surface area contributed by atoms with Gasteiger partial charge in [-0.25, -0.2) is 4.79 Å². The van der Waals surface area contributed by atoms with Gasteiger partial charge in [-0.3, -0.25) is 9.97 Å². The highest BCUT2D eigenvalue weighted by atomic mass is 16.5. The van der Waals surface area contributed by atoms with Crippen LogP contribution in [-0.2, 0) is 6.54 Å². The Kier molecular flexibility index (Phi) is 5.03. The van der Waals surface area contributed by atoms with Crippen molar-refractivity contribution in [3.63, 3.8) is 0 Å². The number of hydrogen-bond acceptors (Lipinski definition) is 4. The quantitative estimate of drug-likeness (QED) is 0.399. The lowest BCUT2D eigenvalue weighted by Crippen LogP contribution is -2.13. The maximum absolute atomic E-state index is 12.0. The Hall–Kier alpha value is -4.19. The van der Waals surface area contributed by atoms with Crippen molar-refractivity contribution < 1.29 is 14.6 Å². The van der Waals surface area contributed by atoms with Gasteiger partial charge in [0.05, 0.1) is 23.3 Å². The lowest BCUT2D eigenvalue weighted by molar-refractivity contribution is 0.0684. The summed E-state index contributed by atoms with van der Waals surface area (Å²) < 4.78 is 7.63. The molecule has 0 unspecified atom stereocenters. The minimum Gasteiger partial charge on any atom is -0.492 e. The van der Waals surface area contributed by atoms with Crippen LogP contribution in [-0.4, -0.2) is 32.2 Å². The highest BCUT2D eigenvalue weighted by Gasteiger charge is 2.19.